The Bertz CT molecular complexity index is 387. The molecule has 5 nitrogen and oxygen atoms in total. The number of nitrogens with two attached hydrogens (primary N) is 1. The van der Waals surface area contributed by atoms with Crippen molar-refractivity contribution in [3.63, 3.8) is 0 Å². The fraction of sp³-hybridized carbons (Fsp3) is 0.667. The molecule has 1 aromatic rings. The molecule has 0 aromatic carbocycles. The summed E-state index contributed by atoms with van der Waals surface area (Å²) in [6.07, 6.45) is 1.47. The van der Waals surface area contributed by atoms with Crippen LogP contribution >= 0.6 is 0 Å². The van der Waals surface area contributed by atoms with Gasteiger partial charge in [0.15, 0.2) is 5.82 Å². The number of hydrogen-bond acceptors (Lipinski definition) is 5. The summed E-state index contributed by atoms with van der Waals surface area (Å²) in [7, 11) is 3.53. The normalized spacial score (nSPS) is 13.3. The van der Waals surface area contributed by atoms with Crippen LogP contribution in [-0.2, 0) is 0 Å². The van der Waals surface area contributed by atoms with Crippen LogP contribution in [0.15, 0.2) is 6.33 Å². The maximum atomic E-state index is 5.98. The Labute approximate surface area is 103 Å². The Kier molecular flexibility index (Phi) is 3.80. The molecule has 0 spiro atoms. The minimum Gasteiger partial charge on any atom is -0.479 e. The first-order valence-corrected chi connectivity index (χ1v) is 5.66. The van der Waals surface area contributed by atoms with Crippen LogP contribution in [0.2, 0.25) is 0 Å². The predicted octanol–water partition coefficient (Wildman–Crippen LogP) is 1.94. The van der Waals surface area contributed by atoms with Gasteiger partial charge in [0.2, 0.25) is 5.88 Å². The second kappa shape index (κ2) is 4.77. The highest BCUT2D eigenvalue weighted by molar-refractivity contribution is 5.67. The number of anilines is 2. The number of aromatic nitrogens is 2. The van der Waals surface area contributed by atoms with Crippen LogP contribution in [0.4, 0.5) is 11.5 Å². The summed E-state index contributed by atoms with van der Waals surface area (Å²) < 4.78 is 5.10. The standard InChI is InChI=1S/C12H22N4O/c1-8(12(2,3)4)16(5)10-9(13)11(17-6)15-7-14-10/h7-8H,13H2,1-6H3. The van der Waals surface area contributed by atoms with E-state index in [1.165, 1.54) is 6.33 Å². The lowest BCUT2D eigenvalue weighted by molar-refractivity contribution is 0.328. The van der Waals surface area contributed by atoms with E-state index in [1.54, 1.807) is 7.11 Å². The predicted molar refractivity (Wildman–Crippen MR) is 70.3 cm³/mol. The smallest absolute Gasteiger partial charge is 0.242 e. The average molecular weight is 238 g/mol. The molecule has 0 aliphatic carbocycles. The lowest BCUT2D eigenvalue weighted by Gasteiger charge is -2.36. The van der Waals surface area contributed by atoms with E-state index in [-0.39, 0.29) is 5.41 Å². The van der Waals surface area contributed by atoms with Crippen LogP contribution in [0.1, 0.15) is 27.7 Å². The Hall–Kier alpha value is -1.52. The fourth-order valence-electron chi connectivity index (χ4n) is 1.58. The summed E-state index contributed by atoms with van der Waals surface area (Å²) in [5, 5.41) is 0. The van der Waals surface area contributed by atoms with Crippen LogP contribution in [-0.4, -0.2) is 30.2 Å². The number of hydrogen-bond donors (Lipinski definition) is 1. The number of methoxy groups -OCH3 is 1. The summed E-state index contributed by atoms with van der Waals surface area (Å²) >= 11 is 0. The molecular formula is C12H22N4O. The highest BCUT2D eigenvalue weighted by Gasteiger charge is 2.26. The van der Waals surface area contributed by atoms with Crippen LogP contribution in [0.3, 0.4) is 0 Å². The van der Waals surface area contributed by atoms with Crippen LogP contribution in [0.25, 0.3) is 0 Å². The zero-order valence-electron chi connectivity index (χ0n) is 11.5. The molecule has 0 radical (unpaired) electrons. The first kappa shape index (κ1) is 13.5. The number of rotatable bonds is 3. The Morgan fingerprint density at radius 2 is 1.94 bits per heavy atom. The second-order valence-corrected chi connectivity index (χ2v) is 5.27. The topological polar surface area (TPSA) is 64.3 Å². The van der Waals surface area contributed by atoms with E-state index >= 15 is 0 Å². The molecule has 1 unspecified atom stereocenters. The second-order valence-electron chi connectivity index (χ2n) is 5.27. The van der Waals surface area contributed by atoms with E-state index in [0.29, 0.717) is 23.4 Å². The largest absolute Gasteiger partial charge is 0.479 e. The minimum absolute atomic E-state index is 0.138. The third-order valence-corrected chi connectivity index (χ3v) is 3.19. The maximum absolute atomic E-state index is 5.98. The zero-order chi connectivity index (χ0) is 13.2. The molecule has 96 valence electrons. The highest BCUT2D eigenvalue weighted by Crippen LogP contribution is 2.32. The monoisotopic (exact) mass is 238 g/mol. The molecule has 5 heteroatoms. The van der Waals surface area contributed by atoms with Crippen LogP contribution in [0.5, 0.6) is 5.88 Å². The molecule has 0 aliphatic rings. The van der Waals surface area contributed by atoms with Gasteiger partial charge >= 0.3 is 0 Å². The summed E-state index contributed by atoms with van der Waals surface area (Å²) in [4.78, 5) is 10.3. The average Bonchev–Trinajstić information content (AvgIpc) is 2.26. The Morgan fingerprint density at radius 1 is 1.35 bits per heavy atom. The molecule has 0 saturated carbocycles. The molecule has 2 N–H and O–H groups in total. The minimum atomic E-state index is 0.138. The third-order valence-electron chi connectivity index (χ3n) is 3.19. The van der Waals surface area contributed by atoms with E-state index in [2.05, 4.69) is 42.6 Å². The Morgan fingerprint density at radius 3 is 2.41 bits per heavy atom. The van der Waals surface area contributed by atoms with Crippen molar-refractivity contribution in [3.8, 4) is 5.88 Å². The van der Waals surface area contributed by atoms with Crippen molar-refractivity contribution in [3.05, 3.63) is 6.33 Å². The van der Waals surface area contributed by atoms with Gasteiger partial charge in [-0.2, -0.15) is 4.98 Å². The van der Waals surface area contributed by atoms with Crippen molar-refractivity contribution in [1.29, 1.82) is 0 Å². The van der Waals surface area contributed by atoms with Crippen LogP contribution < -0.4 is 15.4 Å². The van der Waals surface area contributed by atoms with E-state index in [4.69, 9.17) is 10.5 Å². The first-order valence-electron chi connectivity index (χ1n) is 5.66. The molecule has 0 bridgehead atoms. The summed E-state index contributed by atoms with van der Waals surface area (Å²) in [5.41, 5.74) is 6.60. The van der Waals surface area contributed by atoms with Crippen molar-refractivity contribution in [1.82, 2.24) is 9.97 Å². The van der Waals surface area contributed by atoms with Gasteiger partial charge in [0.25, 0.3) is 0 Å². The van der Waals surface area contributed by atoms with Gasteiger partial charge in [0.1, 0.15) is 12.0 Å². The SMILES string of the molecule is COc1ncnc(N(C)C(C)C(C)(C)C)c1N. The van der Waals surface area contributed by atoms with Crippen molar-refractivity contribution in [2.45, 2.75) is 33.7 Å². The van der Waals surface area contributed by atoms with E-state index in [0.717, 1.165) is 0 Å². The number of nitrogens with zero attached hydrogens (tertiary/aromatic N) is 3. The van der Waals surface area contributed by atoms with Gasteiger partial charge in [-0.25, -0.2) is 4.98 Å². The fourth-order valence-corrected chi connectivity index (χ4v) is 1.58. The van der Waals surface area contributed by atoms with Gasteiger partial charge < -0.3 is 15.4 Å². The molecule has 0 saturated heterocycles. The lowest BCUT2D eigenvalue weighted by Crippen LogP contribution is -2.40. The summed E-state index contributed by atoms with van der Waals surface area (Å²) in [6, 6.07) is 0.296. The quantitative estimate of drug-likeness (QED) is 0.871. The van der Waals surface area contributed by atoms with Crippen molar-refractivity contribution >= 4 is 11.5 Å². The van der Waals surface area contributed by atoms with Gasteiger partial charge in [-0.3, -0.25) is 0 Å². The summed E-state index contributed by atoms with van der Waals surface area (Å²) in [6.45, 7) is 8.70. The number of nitrogen functional groups attached to an aromatic ring is 1. The zero-order valence-corrected chi connectivity index (χ0v) is 11.5. The van der Waals surface area contributed by atoms with Crippen molar-refractivity contribution in [2.24, 2.45) is 5.41 Å². The van der Waals surface area contributed by atoms with E-state index in [1.807, 2.05) is 7.05 Å². The molecule has 0 amide bonds. The molecule has 1 aromatic heterocycles. The summed E-state index contributed by atoms with van der Waals surface area (Å²) in [5.74, 6) is 1.13. The van der Waals surface area contributed by atoms with Gasteiger partial charge in [-0.15, -0.1) is 0 Å². The number of ether oxygens (including phenoxy) is 1. The third kappa shape index (κ3) is 2.78. The maximum Gasteiger partial charge on any atom is 0.242 e. The highest BCUT2D eigenvalue weighted by atomic mass is 16.5. The van der Waals surface area contributed by atoms with Gasteiger partial charge in [-0.05, 0) is 12.3 Å². The van der Waals surface area contributed by atoms with E-state index in [9.17, 15) is 0 Å². The molecule has 1 heterocycles. The lowest BCUT2D eigenvalue weighted by atomic mass is 9.87. The molecule has 1 atom stereocenters. The van der Waals surface area contributed by atoms with Gasteiger partial charge in [0, 0.05) is 13.1 Å². The van der Waals surface area contributed by atoms with Gasteiger partial charge in [0.05, 0.1) is 7.11 Å². The van der Waals surface area contributed by atoms with Crippen LogP contribution in [0, 0.1) is 5.41 Å². The molecule has 0 fully saturated rings. The Balaban J connectivity index is 3.08. The van der Waals surface area contributed by atoms with Crippen molar-refractivity contribution in [2.75, 3.05) is 24.8 Å². The van der Waals surface area contributed by atoms with E-state index < -0.39 is 0 Å². The van der Waals surface area contributed by atoms with Gasteiger partial charge in [-0.1, -0.05) is 20.8 Å². The van der Waals surface area contributed by atoms with Crippen molar-refractivity contribution < 1.29 is 4.74 Å². The molecular weight excluding hydrogens is 216 g/mol. The molecule has 1 rings (SSSR count). The molecule has 17 heavy (non-hydrogen) atoms. The molecule has 0 aliphatic heterocycles. The first-order chi connectivity index (χ1) is 7.79.